The molecule has 2 amide bonds. The van der Waals surface area contributed by atoms with E-state index in [2.05, 4.69) is 20.8 Å². The number of anilines is 1. The van der Waals surface area contributed by atoms with Crippen molar-refractivity contribution >= 4 is 17.5 Å². The molecule has 4 heteroatoms. The SMILES string of the molecule is CC(C)/C=C/C(=O)N1[C@@H]2C[C@@H](C)C(C)(C)[C@]2(C)C(=O)N1c1ccccc1. The van der Waals surface area contributed by atoms with Crippen LogP contribution in [-0.4, -0.2) is 22.9 Å². The Labute approximate surface area is 156 Å². The normalized spacial score (nSPS) is 30.5. The Balaban J connectivity index is 2.11. The number of fused-ring (bicyclic) bond motifs is 1. The van der Waals surface area contributed by atoms with E-state index in [0.29, 0.717) is 5.92 Å². The van der Waals surface area contributed by atoms with Gasteiger partial charge in [0.2, 0.25) is 0 Å². The maximum absolute atomic E-state index is 13.6. The highest BCUT2D eigenvalue weighted by Crippen LogP contribution is 2.61. The Bertz CT molecular complexity index is 738. The van der Waals surface area contributed by atoms with Crippen LogP contribution in [0.3, 0.4) is 0 Å². The fourth-order valence-electron chi connectivity index (χ4n) is 4.44. The molecule has 26 heavy (non-hydrogen) atoms. The molecule has 140 valence electrons. The molecule has 3 rings (SSSR count). The summed E-state index contributed by atoms with van der Waals surface area (Å²) in [5, 5.41) is 3.33. The second kappa shape index (κ2) is 6.26. The summed E-state index contributed by atoms with van der Waals surface area (Å²) in [6.07, 6.45) is 4.35. The molecule has 1 aliphatic heterocycles. The first kappa shape index (κ1) is 18.7. The van der Waals surface area contributed by atoms with E-state index in [0.717, 1.165) is 12.1 Å². The van der Waals surface area contributed by atoms with Crippen LogP contribution in [0.2, 0.25) is 0 Å². The number of hydrogen-bond donors (Lipinski definition) is 0. The van der Waals surface area contributed by atoms with Crippen molar-refractivity contribution < 1.29 is 9.59 Å². The van der Waals surface area contributed by atoms with Gasteiger partial charge in [-0.3, -0.25) is 9.59 Å². The van der Waals surface area contributed by atoms with E-state index in [-0.39, 0.29) is 29.2 Å². The molecule has 1 aromatic rings. The molecule has 0 N–H and O–H groups in total. The first-order valence-electron chi connectivity index (χ1n) is 9.53. The summed E-state index contributed by atoms with van der Waals surface area (Å²) in [4.78, 5) is 26.8. The van der Waals surface area contributed by atoms with Gasteiger partial charge in [-0.15, -0.1) is 0 Å². The molecule has 1 heterocycles. The number of hydrogen-bond acceptors (Lipinski definition) is 2. The predicted octanol–water partition coefficient (Wildman–Crippen LogP) is 4.43. The summed E-state index contributed by atoms with van der Waals surface area (Å²) in [7, 11) is 0. The number of para-hydroxylation sites is 1. The summed E-state index contributed by atoms with van der Waals surface area (Å²) in [6.45, 7) is 12.6. The summed E-state index contributed by atoms with van der Waals surface area (Å²) >= 11 is 0. The topological polar surface area (TPSA) is 40.6 Å². The van der Waals surface area contributed by atoms with Crippen LogP contribution < -0.4 is 5.01 Å². The van der Waals surface area contributed by atoms with Crippen molar-refractivity contribution in [2.45, 2.75) is 54.0 Å². The van der Waals surface area contributed by atoms with E-state index < -0.39 is 5.41 Å². The highest BCUT2D eigenvalue weighted by atomic mass is 16.2. The Kier molecular flexibility index (Phi) is 4.50. The molecule has 2 fully saturated rings. The van der Waals surface area contributed by atoms with Crippen LogP contribution in [0.1, 0.15) is 48.0 Å². The Morgan fingerprint density at radius 2 is 1.81 bits per heavy atom. The largest absolute Gasteiger partial charge is 0.272 e. The van der Waals surface area contributed by atoms with Gasteiger partial charge < -0.3 is 0 Å². The lowest BCUT2D eigenvalue weighted by Crippen LogP contribution is -2.46. The lowest BCUT2D eigenvalue weighted by Gasteiger charge is -2.37. The van der Waals surface area contributed by atoms with Gasteiger partial charge in [0.05, 0.1) is 17.1 Å². The third-order valence-electron chi connectivity index (χ3n) is 6.81. The highest BCUT2D eigenvalue weighted by molar-refractivity contribution is 6.06. The molecule has 1 saturated carbocycles. The molecule has 1 aromatic carbocycles. The quantitative estimate of drug-likeness (QED) is 0.754. The second-order valence-corrected chi connectivity index (χ2v) is 8.82. The van der Waals surface area contributed by atoms with Crippen molar-refractivity contribution in [2.24, 2.45) is 22.7 Å². The zero-order chi connectivity index (χ0) is 19.3. The van der Waals surface area contributed by atoms with Gasteiger partial charge in [0, 0.05) is 6.08 Å². The third kappa shape index (κ3) is 2.50. The van der Waals surface area contributed by atoms with Crippen molar-refractivity contribution in [2.75, 3.05) is 5.01 Å². The highest BCUT2D eigenvalue weighted by Gasteiger charge is 2.69. The van der Waals surface area contributed by atoms with Crippen LogP contribution in [0.15, 0.2) is 42.5 Å². The van der Waals surface area contributed by atoms with Crippen LogP contribution in [-0.2, 0) is 9.59 Å². The lowest BCUT2D eigenvalue weighted by atomic mass is 9.65. The summed E-state index contributed by atoms with van der Waals surface area (Å²) in [5.41, 5.74) is -0.0230. The van der Waals surface area contributed by atoms with Crippen molar-refractivity contribution in [3.63, 3.8) is 0 Å². The van der Waals surface area contributed by atoms with Gasteiger partial charge in [0.1, 0.15) is 0 Å². The van der Waals surface area contributed by atoms with Gasteiger partial charge in [-0.2, -0.15) is 0 Å². The lowest BCUT2D eigenvalue weighted by molar-refractivity contribution is -0.131. The van der Waals surface area contributed by atoms with E-state index in [1.807, 2.05) is 57.2 Å². The number of carbonyl (C=O) groups is 2. The first-order valence-corrected chi connectivity index (χ1v) is 9.53. The minimum Gasteiger partial charge on any atom is -0.272 e. The maximum atomic E-state index is 13.6. The van der Waals surface area contributed by atoms with Crippen molar-refractivity contribution in [1.82, 2.24) is 5.01 Å². The number of rotatable bonds is 3. The molecule has 1 saturated heterocycles. The molecule has 4 nitrogen and oxygen atoms in total. The second-order valence-electron chi connectivity index (χ2n) is 8.82. The van der Waals surface area contributed by atoms with Gasteiger partial charge in [0.25, 0.3) is 11.8 Å². The van der Waals surface area contributed by atoms with E-state index in [1.54, 1.807) is 16.1 Å². The monoisotopic (exact) mass is 354 g/mol. The van der Waals surface area contributed by atoms with Gasteiger partial charge in [-0.05, 0) is 42.7 Å². The molecule has 0 bridgehead atoms. The average Bonchev–Trinajstić information content (AvgIpc) is 2.93. The van der Waals surface area contributed by atoms with Crippen molar-refractivity contribution in [3.8, 4) is 0 Å². The Morgan fingerprint density at radius 3 is 2.38 bits per heavy atom. The van der Waals surface area contributed by atoms with Crippen LogP contribution >= 0.6 is 0 Å². The standard InChI is InChI=1S/C22H30N2O2/c1-15(2)12-13-19(25)24-18-14-16(3)21(4,5)22(18,6)20(26)23(24)17-10-8-7-9-11-17/h7-13,15-16,18H,14H2,1-6H3/b13-12+/t16-,18-,22+/m1/s1. The van der Waals surface area contributed by atoms with E-state index in [9.17, 15) is 9.59 Å². The fourth-order valence-corrected chi connectivity index (χ4v) is 4.44. The molecule has 0 aromatic heterocycles. The maximum Gasteiger partial charge on any atom is 0.265 e. The molecule has 2 aliphatic rings. The van der Waals surface area contributed by atoms with Crippen molar-refractivity contribution in [1.29, 1.82) is 0 Å². The van der Waals surface area contributed by atoms with Gasteiger partial charge in [0.15, 0.2) is 0 Å². The van der Waals surface area contributed by atoms with Crippen LogP contribution in [0.4, 0.5) is 5.69 Å². The van der Waals surface area contributed by atoms with Crippen LogP contribution in [0, 0.1) is 22.7 Å². The molecule has 0 radical (unpaired) electrons. The number of amides is 2. The number of nitrogens with zero attached hydrogens (tertiary/aromatic N) is 2. The summed E-state index contributed by atoms with van der Waals surface area (Å²) in [6, 6.07) is 9.39. The molecule has 1 aliphatic carbocycles. The van der Waals surface area contributed by atoms with Crippen LogP contribution in [0.25, 0.3) is 0 Å². The fraction of sp³-hybridized carbons (Fsp3) is 0.545. The van der Waals surface area contributed by atoms with E-state index >= 15 is 0 Å². The number of benzene rings is 1. The van der Waals surface area contributed by atoms with Crippen LogP contribution in [0.5, 0.6) is 0 Å². The van der Waals surface area contributed by atoms with Gasteiger partial charge >= 0.3 is 0 Å². The minimum atomic E-state index is -0.594. The third-order valence-corrected chi connectivity index (χ3v) is 6.81. The smallest absolute Gasteiger partial charge is 0.265 e. The predicted molar refractivity (Wildman–Crippen MR) is 104 cm³/mol. The Hall–Kier alpha value is -2.10. The van der Waals surface area contributed by atoms with E-state index in [4.69, 9.17) is 0 Å². The first-order chi connectivity index (χ1) is 12.1. The van der Waals surface area contributed by atoms with Gasteiger partial charge in [-0.25, -0.2) is 10.0 Å². The molecule has 0 spiro atoms. The molecule has 0 unspecified atom stereocenters. The minimum absolute atomic E-state index is 0.0225. The summed E-state index contributed by atoms with van der Waals surface area (Å²) < 4.78 is 0. The van der Waals surface area contributed by atoms with E-state index in [1.165, 1.54) is 0 Å². The van der Waals surface area contributed by atoms with Crippen molar-refractivity contribution in [3.05, 3.63) is 42.5 Å². The average molecular weight is 354 g/mol. The number of carbonyl (C=O) groups excluding carboxylic acids is 2. The van der Waals surface area contributed by atoms with Gasteiger partial charge in [-0.1, -0.05) is 58.9 Å². The molecule has 3 atom stereocenters. The summed E-state index contributed by atoms with van der Waals surface area (Å²) in [5.74, 6) is 0.556. The molecular weight excluding hydrogens is 324 g/mol. The molecular formula is C22H30N2O2. The Morgan fingerprint density at radius 1 is 1.19 bits per heavy atom. The zero-order valence-electron chi connectivity index (χ0n) is 16.7. The zero-order valence-corrected chi connectivity index (χ0v) is 16.7. The number of allylic oxidation sites excluding steroid dienone is 1. The number of hydrazine groups is 1.